The Morgan fingerprint density at radius 1 is 1.07 bits per heavy atom. The molecule has 0 radical (unpaired) electrons. The van der Waals surface area contributed by atoms with Gasteiger partial charge in [0.2, 0.25) is 5.91 Å². The van der Waals surface area contributed by atoms with Crippen LogP contribution < -0.4 is 0 Å². The Balaban J connectivity index is 1.78. The second-order valence-corrected chi connectivity index (χ2v) is 10.4. The maximum atomic E-state index is 13.7. The van der Waals surface area contributed by atoms with Crippen LogP contribution in [0.2, 0.25) is 0 Å². The van der Waals surface area contributed by atoms with Crippen molar-refractivity contribution >= 4 is 16.3 Å². The lowest BCUT2D eigenvalue weighted by Gasteiger charge is -2.51. The summed E-state index contributed by atoms with van der Waals surface area (Å²) in [6, 6.07) is 16.7. The van der Waals surface area contributed by atoms with Gasteiger partial charge in [0.05, 0.1) is 12.1 Å². The zero-order valence-electron chi connectivity index (χ0n) is 17.0. The molecule has 29 heavy (non-hydrogen) atoms. The van der Waals surface area contributed by atoms with Crippen molar-refractivity contribution in [1.29, 1.82) is 0 Å². The number of nitrogens with zero attached hydrogens (tertiary/aromatic N) is 2. The molecule has 0 aliphatic carbocycles. The molecular formula is C23H28N2O3S. The molecule has 5 nitrogen and oxygen atoms in total. The Morgan fingerprint density at radius 2 is 1.72 bits per heavy atom. The largest absolute Gasteiger partial charge is 0.593 e. The number of fused-ring (bicyclic) bond motifs is 1. The number of amides is 1. The van der Waals surface area contributed by atoms with Gasteiger partial charge in [-0.25, -0.2) is 0 Å². The van der Waals surface area contributed by atoms with Crippen molar-refractivity contribution in [3.8, 4) is 0 Å². The van der Waals surface area contributed by atoms with Gasteiger partial charge in [0.1, 0.15) is 0 Å². The Bertz CT molecular complexity index is 946. The molecule has 0 saturated carbocycles. The van der Waals surface area contributed by atoms with Crippen molar-refractivity contribution in [2.24, 2.45) is 5.92 Å². The van der Waals surface area contributed by atoms with E-state index in [0.717, 1.165) is 18.4 Å². The lowest BCUT2D eigenvalue weighted by molar-refractivity contribution is -0.138. The molecular weight excluding hydrogens is 384 g/mol. The van der Waals surface area contributed by atoms with Gasteiger partial charge < -0.3 is 9.45 Å². The summed E-state index contributed by atoms with van der Waals surface area (Å²) in [7, 11) is -3.69. The van der Waals surface area contributed by atoms with E-state index in [0.29, 0.717) is 31.0 Å². The van der Waals surface area contributed by atoms with Gasteiger partial charge in [0, 0.05) is 19.0 Å². The molecule has 4 rings (SSSR count). The summed E-state index contributed by atoms with van der Waals surface area (Å²) >= 11 is 0. The van der Waals surface area contributed by atoms with Gasteiger partial charge in [-0.3, -0.25) is 4.79 Å². The summed E-state index contributed by atoms with van der Waals surface area (Å²) in [4.78, 5) is 14.9. The van der Waals surface area contributed by atoms with Crippen LogP contribution in [-0.4, -0.2) is 38.3 Å². The van der Waals surface area contributed by atoms with E-state index >= 15 is 0 Å². The standard InChI is InChI=1S/C23H28N2O3S/c1-18(2)22(26)24-14-8-13-23(17-24)15-19-9-6-7-10-20(19)16-25(23)29(27,28)21-11-4-3-5-12-21/h3-7,9-12,18H,8,13-17H2,1-2H3. The molecule has 0 bridgehead atoms. The fourth-order valence-corrected chi connectivity index (χ4v) is 6.51. The minimum atomic E-state index is -3.69. The van der Waals surface area contributed by atoms with E-state index in [-0.39, 0.29) is 11.8 Å². The van der Waals surface area contributed by atoms with E-state index in [4.69, 9.17) is 0 Å². The Labute approximate surface area is 174 Å². The summed E-state index contributed by atoms with van der Waals surface area (Å²) < 4.78 is 29.1. The van der Waals surface area contributed by atoms with Gasteiger partial charge in [0.15, 0.2) is 15.3 Å². The van der Waals surface area contributed by atoms with Crippen LogP contribution in [0.4, 0.5) is 0 Å². The molecule has 2 aliphatic rings. The number of piperidine rings is 1. The first-order valence-electron chi connectivity index (χ1n) is 10.3. The van der Waals surface area contributed by atoms with Crippen molar-refractivity contribution < 1.29 is 13.6 Å². The van der Waals surface area contributed by atoms with Gasteiger partial charge in [-0.2, -0.15) is 0 Å². The minimum absolute atomic E-state index is 0.0970. The fraction of sp³-hybridized carbons (Fsp3) is 0.435. The fourth-order valence-electron chi connectivity index (χ4n) is 4.72. The van der Waals surface area contributed by atoms with Gasteiger partial charge in [0.25, 0.3) is 0 Å². The van der Waals surface area contributed by atoms with E-state index in [9.17, 15) is 13.6 Å². The highest BCUT2D eigenvalue weighted by Gasteiger charge is 2.53. The average molecular weight is 413 g/mol. The highest BCUT2D eigenvalue weighted by molar-refractivity contribution is 7.95. The molecule has 0 N–H and O–H groups in total. The van der Waals surface area contributed by atoms with Crippen LogP contribution in [0.1, 0.15) is 37.8 Å². The molecule has 1 spiro atoms. The zero-order valence-corrected chi connectivity index (χ0v) is 17.9. The number of hydrogen-bond donors (Lipinski definition) is 0. The van der Waals surface area contributed by atoms with Crippen LogP contribution in [0, 0.1) is 5.92 Å². The molecule has 6 heteroatoms. The summed E-state index contributed by atoms with van der Waals surface area (Å²) in [5.74, 6) is 0.000185. The van der Waals surface area contributed by atoms with Gasteiger partial charge in [-0.05, 0) is 42.5 Å². The van der Waals surface area contributed by atoms with Gasteiger partial charge >= 0.3 is 0 Å². The monoisotopic (exact) mass is 412 g/mol. The summed E-state index contributed by atoms with van der Waals surface area (Å²) in [5, 5.41) is 0. The molecule has 154 valence electrons. The number of carbonyl (C=O) groups excluding carboxylic acids is 1. The molecule has 2 unspecified atom stereocenters. The van der Waals surface area contributed by atoms with Crippen molar-refractivity contribution in [2.45, 2.75) is 50.1 Å². The van der Waals surface area contributed by atoms with Crippen LogP contribution >= 0.6 is 0 Å². The molecule has 2 aromatic rings. The molecule has 1 saturated heterocycles. The second-order valence-electron chi connectivity index (χ2n) is 8.51. The highest BCUT2D eigenvalue weighted by Crippen LogP contribution is 2.42. The van der Waals surface area contributed by atoms with Crippen LogP contribution in [0.25, 0.3) is 0 Å². The lowest BCUT2D eigenvalue weighted by Crippen LogP contribution is -2.65. The molecule has 2 aromatic carbocycles. The van der Waals surface area contributed by atoms with Gasteiger partial charge in [-0.15, -0.1) is 4.31 Å². The molecule has 2 aliphatic heterocycles. The zero-order chi connectivity index (χ0) is 20.6. The Hall–Kier alpha value is -2.02. The third-order valence-corrected chi connectivity index (χ3v) is 8.14. The third kappa shape index (κ3) is 3.65. The molecule has 2 heterocycles. The molecule has 2 atom stereocenters. The number of hydrogen-bond acceptors (Lipinski definition) is 3. The smallest absolute Gasteiger partial charge is 0.225 e. The van der Waals surface area contributed by atoms with Crippen LogP contribution in [0.3, 0.4) is 0 Å². The summed E-state index contributed by atoms with van der Waals surface area (Å²) in [5.41, 5.74) is 1.63. The SMILES string of the molecule is CC(C)C(=O)N1CCCC2(Cc3ccccc3CN2[S+](=O)([O-])c2ccccc2)C1. The molecule has 1 amide bonds. The van der Waals surface area contributed by atoms with E-state index in [1.807, 2.05) is 43.0 Å². The van der Waals surface area contributed by atoms with Crippen LogP contribution in [-0.2, 0) is 32.4 Å². The Morgan fingerprint density at radius 3 is 2.41 bits per heavy atom. The topological polar surface area (TPSA) is 63.7 Å². The van der Waals surface area contributed by atoms with E-state index in [1.54, 1.807) is 28.6 Å². The predicted octanol–water partition coefficient (Wildman–Crippen LogP) is 3.67. The van der Waals surface area contributed by atoms with E-state index in [2.05, 4.69) is 6.07 Å². The number of benzene rings is 2. The van der Waals surface area contributed by atoms with Crippen molar-refractivity contribution in [1.82, 2.24) is 9.21 Å². The second kappa shape index (κ2) is 7.67. The van der Waals surface area contributed by atoms with Crippen molar-refractivity contribution in [3.63, 3.8) is 0 Å². The van der Waals surface area contributed by atoms with Crippen molar-refractivity contribution in [3.05, 3.63) is 65.7 Å². The van der Waals surface area contributed by atoms with E-state index < -0.39 is 15.9 Å². The summed E-state index contributed by atoms with van der Waals surface area (Å²) in [6.45, 7) is 5.29. The first-order chi connectivity index (χ1) is 13.8. The highest BCUT2D eigenvalue weighted by atomic mass is 32.3. The van der Waals surface area contributed by atoms with Crippen LogP contribution in [0.5, 0.6) is 0 Å². The number of sulfonamides is 1. The Kier molecular flexibility index (Phi) is 5.36. The van der Waals surface area contributed by atoms with Crippen LogP contribution in [0.15, 0.2) is 59.5 Å². The molecule has 1 fully saturated rings. The molecule has 0 aromatic heterocycles. The first kappa shape index (κ1) is 20.3. The third-order valence-electron chi connectivity index (χ3n) is 6.17. The number of carbonyl (C=O) groups is 1. The maximum Gasteiger partial charge on any atom is 0.225 e. The predicted molar refractivity (Wildman–Crippen MR) is 113 cm³/mol. The lowest BCUT2D eigenvalue weighted by atomic mass is 9.79. The van der Waals surface area contributed by atoms with E-state index in [1.165, 1.54) is 5.56 Å². The normalized spacial score (nSPS) is 24.3. The summed E-state index contributed by atoms with van der Waals surface area (Å²) in [6.07, 6.45) is 2.20. The maximum absolute atomic E-state index is 13.7. The quantitative estimate of drug-likeness (QED) is 0.723. The van der Waals surface area contributed by atoms with Crippen molar-refractivity contribution in [2.75, 3.05) is 13.1 Å². The number of likely N-dealkylation sites (tertiary alicyclic amines) is 1. The van der Waals surface area contributed by atoms with Gasteiger partial charge in [-0.1, -0.05) is 60.5 Å². The minimum Gasteiger partial charge on any atom is -0.593 e. The average Bonchev–Trinajstić information content (AvgIpc) is 2.73. The first-order valence-corrected chi connectivity index (χ1v) is 11.7. The number of rotatable bonds is 3.